The number of amides is 3. The fourth-order valence-corrected chi connectivity index (χ4v) is 5.55. The van der Waals surface area contributed by atoms with Crippen LogP contribution in [0.2, 0.25) is 5.02 Å². The lowest BCUT2D eigenvalue weighted by Crippen LogP contribution is -2.39. The Balaban J connectivity index is 1.44. The molecule has 0 unspecified atom stereocenters. The fourth-order valence-electron chi connectivity index (χ4n) is 3.22. The van der Waals surface area contributed by atoms with Crippen molar-refractivity contribution in [2.45, 2.75) is 0 Å². The number of thioether (sulfide) groups is 2. The van der Waals surface area contributed by atoms with Gasteiger partial charge in [-0.05, 0) is 47.2 Å². The molecule has 0 aliphatic carbocycles. The zero-order chi connectivity index (χ0) is 25.7. The van der Waals surface area contributed by atoms with Crippen LogP contribution < -0.4 is 5.43 Å². The van der Waals surface area contributed by atoms with Crippen molar-refractivity contribution in [1.82, 2.24) is 15.2 Å². The van der Waals surface area contributed by atoms with E-state index in [1.807, 2.05) is 30.3 Å². The molecule has 2 aliphatic heterocycles. The molecule has 0 radical (unpaired) electrons. The van der Waals surface area contributed by atoms with Gasteiger partial charge in [-0.2, -0.15) is 0 Å². The number of benzene rings is 2. The van der Waals surface area contributed by atoms with E-state index in [0.29, 0.717) is 20.0 Å². The first-order chi connectivity index (χ1) is 17.4. The van der Waals surface area contributed by atoms with Gasteiger partial charge in [0.25, 0.3) is 17.7 Å². The van der Waals surface area contributed by atoms with Crippen LogP contribution in [0.25, 0.3) is 12.2 Å². The van der Waals surface area contributed by atoms with Crippen LogP contribution >= 0.6 is 47.3 Å². The second-order valence-electron chi connectivity index (χ2n) is 7.47. The fraction of sp³-hybridized carbons (Fsp3) is 0.0800. The number of hydrogen-bond donors (Lipinski definition) is 1. The van der Waals surface area contributed by atoms with Crippen LogP contribution in [0.5, 0.6) is 0 Å². The Hall–Kier alpha value is -3.18. The van der Waals surface area contributed by atoms with E-state index in [9.17, 15) is 14.4 Å². The summed E-state index contributed by atoms with van der Waals surface area (Å²) in [4.78, 5) is 41.8. The predicted octanol–water partition coefficient (Wildman–Crippen LogP) is 4.73. The summed E-state index contributed by atoms with van der Waals surface area (Å²) in [6.45, 7) is 3.61. The van der Waals surface area contributed by atoms with Gasteiger partial charge in [0.15, 0.2) is 5.17 Å². The van der Waals surface area contributed by atoms with Crippen molar-refractivity contribution >= 4 is 86.7 Å². The van der Waals surface area contributed by atoms with Crippen molar-refractivity contribution in [3.63, 3.8) is 0 Å². The molecule has 2 aliphatic rings. The van der Waals surface area contributed by atoms with Gasteiger partial charge in [0.1, 0.15) is 10.9 Å². The average Bonchev–Trinajstić information content (AvgIpc) is 3.30. The standard InChI is InChI=1S/C25H19ClN4O3S3/c1-2-12-29-22(32)19(14-17-8-10-18(26)11-9-17)35-24(29)28-27-21(31)15-30-23(33)20(36-25(30)34)13-16-6-4-3-5-7-16/h2-11,13-14H,1,12,15H2,(H,27,31)/b19-14+,20-13-,28-24+. The molecular weight excluding hydrogens is 536 g/mol. The third-order valence-corrected chi connectivity index (χ3v) is 7.55. The monoisotopic (exact) mass is 554 g/mol. The van der Waals surface area contributed by atoms with E-state index in [2.05, 4.69) is 17.1 Å². The number of nitrogens with zero attached hydrogens (tertiary/aromatic N) is 3. The SMILES string of the molecule is C=CCN1C(=O)/C(=C\c2ccc(Cl)cc2)S/C1=N/NC(=O)CN1C(=O)/C(=C/c2ccccc2)SC1=S. The third-order valence-electron chi connectivity index (χ3n) is 4.92. The van der Waals surface area contributed by atoms with Gasteiger partial charge in [0, 0.05) is 11.6 Å². The van der Waals surface area contributed by atoms with Crippen LogP contribution in [0.15, 0.2) is 82.2 Å². The minimum absolute atomic E-state index is 0.220. The van der Waals surface area contributed by atoms with E-state index >= 15 is 0 Å². The molecule has 4 rings (SSSR count). The van der Waals surface area contributed by atoms with Gasteiger partial charge in [-0.1, -0.05) is 84.1 Å². The topological polar surface area (TPSA) is 82.1 Å². The summed E-state index contributed by atoms with van der Waals surface area (Å²) in [5.74, 6) is -1.14. The van der Waals surface area contributed by atoms with Crippen molar-refractivity contribution in [1.29, 1.82) is 0 Å². The first-order valence-electron chi connectivity index (χ1n) is 10.6. The number of amidine groups is 1. The predicted molar refractivity (Wildman–Crippen MR) is 151 cm³/mol. The Kier molecular flexibility index (Phi) is 8.42. The molecule has 182 valence electrons. The van der Waals surface area contributed by atoms with Gasteiger partial charge in [-0.25, -0.2) is 5.43 Å². The van der Waals surface area contributed by atoms with Gasteiger partial charge in [-0.3, -0.25) is 24.2 Å². The molecule has 2 heterocycles. The molecular formula is C25H19ClN4O3S3. The van der Waals surface area contributed by atoms with Crippen molar-refractivity contribution in [3.8, 4) is 0 Å². The van der Waals surface area contributed by atoms with E-state index in [1.54, 1.807) is 42.5 Å². The Morgan fingerprint density at radius 2 is 1.58 bits per heavy atom. The summed E-state index contributed by atoms with van der Waals surface area (Å²) >= 11 is 13.5. The number of halogens is 1. The van der Waals surface area contributed by atoms with Crippen LogP contribution in [0.1, 0.15) is 11.1 Å². The molecule has 11 heteroatoms. The summed E-state index contributed by atoms with van der Waals surface area (Å²) in [6.07, 6.45) is 5.03. The summed E-state index contributed by atoms with van der Waals surface area (Å²) in [6, 6.07) is 16.4. The van der Waals surface area contributed by atoms with E-state index in [1.165, 1.54) is 9.80 Å². The maximum atomic E-state index is 12.9. The first-order valence-corrected chi connectivity index (χ1v) is 13.0. The lowest BCUT2D eigenvalue weighted by atomic mass is 10.2. The van der Waals surface area contributed by atoms with E-state index in [4.69, 9.17) is 23.8 Å². The maximum absolute atomic E-state index is 12.9. The largest absolute Gasteiger partial charge is 0.283 e. The third kappa shape index (κ3) is 6.14. The highest BCUT2D eigenvalue weighted by Gasteiger charge is 2.35. The molecule has 0 saturated carbocycles. The molecule has 2 aromatic carbocycles. The number of thiocarbonyl (C=S) groups is 1. The van der Waals surface area contributed by atoms with Crippen molar-refractivity contribution < 1.29 is 14.4 Å². The minimum Gasteiger partial charge on any atom is -0.283 e. The summed E-state index contributed by atoms with van der Waals surface area (Å²) in [5.41, 5.74) is 4.10. The molecule has 0 bridgehead atoms. The number of hydrazone groups is 1. The number of rotatable bonds is 7. The van der Waals surface area contributed by atoms with Crippen LogP contribution in [0.3, 0.4) is 0 Å². The van der Waals surface area contributed by atoms with Crippen LogP contribution in [0, 0.1) is 0 Å². The highest BCUT2D eigenvalue weighted by Crippen LogP contribution is 2.33. The van der Waals surface area contributed by atoms with Crippen molar-refractivity contribution in [3.05, 3.63) is 93.2 Å². The number of carbonyl (C=O) groups is 3. The second kappa shape index (κ2) is 11.7. The van der Waals surface area contributed by atoms with Gasteiger partial charge < -0.3 is 0 Å². The van der Waals surface area contributed by atoms with E-state index < -0.39 is 5.91 Å². The lowest BCUT2D eigenvalue weighted by Gasteiger charge is -2.14. The molecule has 1 N–H and O–H groups in total. The molecule has 0 atom stereocenters. The zero-order valence-corrected chi connectivity index (χ0v) is 21.9. The number of hydrogen-bond acceptors (Lipinski definition) is 7. The summed E-state index contributed by atoms with van der Waals surface area (Å²) < 4.78 is 0.289. The Labute approximate surface area is 226 Å². The minimum atomic E-state index is -0.540. The molecule has 0 spiro atoms. The van der Waals surface area contributed by atoms with Gasteiger partial charge in [-0.15, -0.1) is 11.7 Å². The smallest absolute Gasteiger partial charge is 0.267 e. The Morgan fingerprint density at radius 1 is 0.972 bits per heavy atom. The lowest BCUT2D eigenvalue weighted by molar-refractivity contribution is -0.128. The second-order valence-corrected chi connectivity index (χ2v) is 10.6. The van der Waals surface area contributed by atoms with Crippen LogP contribution in [0.4, 0.5) is 0 Å². The van der Waals surface area contributed by atoms with E-state index in [0.717, 1.165) is 34.7 Å². The van der Waals surface area contributed by atoms with Crippen molar-refractivity contribution in [2.75, 3.05) is 13.1 Å². The zero-order valence-electron chi connectivity index (χ0n) is 18.7. The normalized spacial score (nSPS) is 19.1. The molecule has 36 heavy (non-hydrogen) atoms. The molecule has 2 saturated heterocycles. The number of carbonyl (C=O) groups excluding carboxylic acids is 3. The molecule has 2 aromatic rings. The van der Waals surface area contributed by atoms with Crippen LogP contribution in [-0.2, 0) is 14.4 Å². The quantitative estimate of drug-likeness (QED) is 0.231. The molecule has 0 aromatic heterocycles. The van der Waals surface area contributed by atoms with Crippen molar-refractivity contribution in [2.24, 2.45) is 5.10 Å². The van der Waals surface area contributed by atoms with Crippen LogP contribution in [-0.4, -0.2) is 50.1 Å². The maximum Gasteiger partial charge on any atom is 0.267 e. The summed E-state index contributed by atoms with van der Waals surface area (Å²) in [7, 11) is 0. The Morgan fingerprint density at radius 3 is 2.25 bits per heavy atom. The summed E-state index contributed by atoms with van der Waals surface area (Å²) in [5, 5.41) is 5.02. The Bertz CT molecular complexity index is 1320. The highest BCUT2D eigenvalue weighted by atomic mass is 35.5. The average molecular weight is 555 g/mol. The van der Waals surface area contributed by atoms with Gasteiger partial charge in [0.2, 0.25) is 0 Å². The van der Waals surface area contributed by atoms with E-state index in [-0.39, 0.29) is 29.2 Å². The van der Waals surface area contributed by atoms with Gasteiger partial charge in [0.05, 0.1) is 9.81 Å². The van der Waals surface area contributed by atoms with Gasteiger partial charge >= 0.3 is 0 Å². The highest BCUT2D eigenvalue weighted by molar-refractivity contribution is 8.26. The molecule has 2 fully saturated rings. The number of nitrogens with one attached hydrogen (secondary N) is 1. The molecule has 7 nitrogen and oxygen atoms in total. The molecule has 3 amide bonds. The first kappa shape index (κ1) is 25.9.